The number of aryl methyl sites for hydroxylation is 1. The minimum atomic E-state index is -0.216. The fourth-order valence-corrected chi connectivity index (χ4v) is 3.55. The monoisotopic (exact) mass is 301 g/mol. The van der Waals surface area contributed by atoms with Crippen LogP contribution >= 0.6 is 22.7 Å². The average Bonchev–Trinajstić information content (AvgIpc) is 3.07. The van der Waals surface area contributed by atoms with Gasteiger partial charge in [-0.1, -0.05) is 18.2 Å². The molecule has 4 heteroatoms. The number of hydrogen-bond donors (Lipinski definition) is 0. The Kier molecular flexibility index (Phi) is 3.76. The van der Waals surface area contributed by atoms with Gasteiger partial charge in [-0.2, -0.15) is 0 Å². The fourth-order valence-electron chi connectivity index (χ4n) is 1.79. The van der Waals surface area contributed by atoms with Gasteiger partial charge in [-0.3, -0.25) is 0 Å². The molecule has 2 heterocycles. The third-order valence-corrected chi connectivity index (χ3v) is 4.95. The lowest BCUT2D eigenvalue weighted by molar-refractivity contribution is 0.628. The molecule has 0 aliphatic carbocycles. The van der Waals surface area contributed by atoms with Crippen LogP contribution in [0.1, 0.15) is 15.4 Å². The van der Waals surface area contributed by atoms with Crippen LogP contribution in [0.2, 0.25) is 0 Å². The van der Waals surface area contributed by atoms with Gasteiger partial charge in [-0.05, 0) is 42.8 Å². The summed E-state index contributed by atoms with van der Waals surface area (Å²) in [6.45, 7) is 2.10. The van der Waals surface area contributed by atoms with Gasteiger partial charge in [-0.15, -0.1) is 22.7 Å². The highest BCUT2D eigenvalue weighted by molar-refractivity contribution is 7.22. The van der Waals surface area contributed by atoms with Gasteiger partial charge in [0.15, 0.2) is 0 Å². The molecule has 0 aliphatic rings. The van der Waals surface area contributed by atoms with Crippen molar-refractivity contribution >= 4 is 34.8 Å². The second-order valence-electron chi connectivity index (χ2n) is 4.36. The van der Waals surface area contributed by atoms with Crippen molar-refractivity contribution in [3.8, 4) is 9.75 Å². The van der Waals surface area contributed by atoms with Crippen molar-refractivity contribution < 1.29 is 4.39 Å². The first kappa shape index (κ1) is 13.2. The van der Waals surface area contributed by atoms with Crippen LogP contribution in [0.3, 0.4) is 0 Å². The maximum atomic E-state index is 12.8. The molecule has 3 aromatic rings. The number of benzene rings is 1. The summed E-state index contributed by atoms with van der Waals surface area (Å²) in [7, 11) is 0. The van der Waals surface area contributed by atoms with E-state index in [0.717, 1.165) is 10.6 Å². The van der Waals surface area contributed by atoms with Gasteiger partial charge in [0.2, 0.25) is 0 Å². The summed E-state index contributed by atoms with van der Waals surface area (Å²) >= 11 is 3.44. The van der Waals surface area contributed by atoms with Crippen LogP contribution < -0.4 is 0 Å². The molecule has 2 aromatic heterocycles. The summed E-state index contributed by atoms with van der Waals surface area (Å²) in [4.78, 5) is 8.13. The molecule has 0 unspecified atom stereocenters. The minimum Gasteiger partial charge on any atom is -0.244 e. The number of halogens is 1. The normalized spacial score (nSPS) is 11.3. The first-order chi connectivity index (χ1) is 9.70. The lowest BCUT2D eigenvalue weighted by Crippen LogP contribution is -1.74. The minimum absolute atomic E-state index is 0.216. The first-order valence-corrected chi connectivity index (χ1v) is 7.80. The highest BCUT2D eigenvalue weighted by atomic mass is 32.1. The van der Waals surface area contributed by atoms with Crippen LogP contribution in [-0.2, 0) is 0 Å². The summed E-state index contributed by atoms with van der Waals surface area (Å²) in [6.07, 6.45) is 5.81. The molecule has 0 aliphatic heterocycles. The zero-order valence-electron chi connectivity index (χ0n) is 10.8. The van der Waals surface area contributed by atoms with E-state index in [2.05, 4.69) is 24.0 Å². The Morgan fingerprint density at radius 1 is 0.950 bits per heavy atom. The van der Waals surface area contributed by atoms with Crippen molar-refractivity contribution in [2.24, 2.45) is 0 Å². The van der Waals surface area contributed by atoms with Crippen molar-refractivity contribution in [1.29, 1.82) is 0 Å². The molecule has 0 atom stereocenters. The van der Waals surface area contributed by atoms with Crippen LogP contribution in [0.15, 0.2) is 42.6 Å². The molecular formula is C16H12FNS2. The molecule has 1 aromatic carbocycles. The van der Waals surface area contributed by atoms with Crippen LogP contribution in [0, 0.1) is 12.7 Å². The van der Waals surface area contributed by atoms with E-state index in [0.29, 0.717) is 0 Å². The van der Waals surface area contributed by atoms with Gasteiger partial charge in [0, 0.05) is 16.0 Å². The maximum absolute atomic E-state index is 12.8. The van der Waals surface area contributed by atoms with E-state index in [4.69, 9.17) is 0 Å². The van der Waals surface area contributed by atoms with E-state index < -0.39 is 0 Å². The first-order valence-electron chi connectivity index (χ1n) is 6.17. The molecule has 0 N–H and O–H groups in total. The molecule has 0 amide bonds. The summed E-state index contributed by atoms with van der Waals surface area (Å²) in [5, 5.41) is 0.954. The van der Waals surface area contributed by atoms with Crippen molar-refractivity contribution in [2.75, 3.05) is 0 Å². The Morgan fingerprint density at radius 3 is 2.45 bits per heavy atom. The lowest BCUT2D eigenvalue weighted by Gasteiger charge is -1.91. The van der Waals surface area contributed by atoms with E-state index >= 15 is 0 Å². The molecular weight excluding hydrogens is 289 g/mol. The third kappa shape index (κ3) is 3.03. The smallest absolute Gasteiger partial charge is 0.123 e. The zero-order chi connectivity index (χ0) is 13.9. The van der Waals surface area contributed by atoms with Crippen molar-refractivity contribution in [3.05, 3.63) is 63.9 Å². The van der Waals surface area contributed by atoms with Gasteiger partial charge in [0.25, 0.3) is 0 Å². The molecule has 3 rings (SSSR count). The van der Waals surface area contributed by atoms with E-state index in [9.17, 15) is 4.39 Å². The van der Waals surface area contributed by atoms with E-state index in [1.807, 2.05) is 18.3 Å². The van der Waals surface area contributed by atoms with Crippen LogP contribution in [-0.4, -0.2) is 4.98 Å². The predicted molar refractivity (Wildman–Crippen MR) is 85.5 cm³/mol. The van der Waals surface area contributed by atoms with Crippen LogP contribution in [0.25, 0.3) is 21.9 Å². The third-order valence-electron chi connectivity index (χ3n) is 2.80. The van der Waals surface area contributed by atoms with E-state index in [1.54, 1.807) is 34.8 Å². The number of hydrogen-bond acceptors (Lipinski definition) is 3. The molecule has 1 nitrogen and oxygen atoms in total. The lowest BCUT2D eigenvalue weighted by atomic mass is 10.2. The number of nitrogens with zero attached hydrogens (tertiary/aromatic N) is 1. The van der Waals surface area contributed by atoms with Crippen molar-refractivity contribution in [3.63, 3.8) is 0 Å². The molecule has 0 saturated carbocycles. The highest BCUT2D eigenvalue weighted by Gasteiger charge is 2.04. The number of aromatic nitrogens is 1. The average molecular weight is 301 g/mol. The number of thiophene rings is 1. The van der Waals surface area contributed by atoms with E-state index in [-0.39, 0.29) is 5.82 Å². The van der Waals surface area contributed by atoms with Crippen molar-refractivity contribution in [2.45, 2.75) is 6.92 Å². The summed E-state index contributed by atoms with van der Waals surface area (Å²) in [5.74, 6) is -0.216. The summed E-state index contributed by atoms with van der Waals surface area (Å²) in [5.41, 5.74) is 0.968. The van der Waals surface area contributed by atoms with E-state index in [1.165, 1.54) is 26.8 Å². The highest BCUT2D eigenvalue weighted by Crippen LogP contribution is 2.32. The topological polar surface area (TPSA) is 12.9 Å². The molecule has 0 radical (unpaired) electrons. The summed E-state index contributed by atoms with van der Waals surface area (Å²) in [6, 6.07) is 10.7. The van der Waals surface area contributed by atoms with Gasteiger partial charge in [-0.25, -0.2) is 9.37 Å². The Bertz CT molecular complexity index is 738. The Hall–Kier alpha value is -1.78. The van der Waals surface area contributed by atoms with Gasteiger partial charge >= 0.3 is 0 Å². The second-order valence-corrected chi connectivity index (χ2v) is 6.71. The maximum Gasteiger partial charge on any atom is 0.123 e. The second kappa shape index (κ2) is 5.69. The number of rotatable bonds is 3. The SMILES string of the molecule is Cc1ccc(-c2cnc(/C=C/c3ccc(F)cc3)s2)s1. The molecule has 0 fully saturated rings. The standard InChI is InChI=1S/C16H12FNS2/c1-11-2-8-14(19-11)15-10-18-16(20-15)9-5-12-3-6-13(17)7-4-12/h2-10H,1H3/b9-5+. The Labute approximate surface area is 125 Å². The quantitative estimate of drug-likeness (QED) is 0.623. The molecule has 0 saturated heterocycles. The fraction of sp³-hybridized carbons (Fsp3) is 0.0625. The van der Waals surface area contributed by atoms with Gasteiger partial charge in [0.05, 0.1) is 4.88 Å². The van der Waals surface area contributed by atoms with Crippen LogP contribution in [0.4, 0.5) is 4.39 Å². The molecule has 100 valence electrons. The number of thiazole rings is 1. The Morgan fingerprint density at radius 2 is 1.75 bits per heavy atom. The largest absolute Gasteiger partial charge is 0.244 e. The summed E-state index contributed by atoms with van der Waals surface area (Å²) < 4.78 is 12.8. The Balaban J connectivity index is 1.78. The molecule has 20 heavy (non-hydrogen) atoms. The predicted octanol–water partition coefficient (Wildman–Crippen LogP) is 5.49. The van der Waals surface area contributed by atoms with Gasteiger partial charge < -0.3 is 0 Å². The molecule has 0 spiro atoms. The molecule has 0 bridgehead atoms. The van der Waals surface area contributed by atoms with Gasteiger partial charge in [0.1, 0.15) is 10.8 Å². The zero-order valence-corrected chi connectivity index (χ0v) is 12.5. The van der Waals surface area contributed by atoms with Crippen LogP contribution in [0.5, 0.6) is 0 Å². The van der Waals surface area contributed by atoms with Crippen molar-refractivity contribution in [1.82, 2.24) is 4.98 Å².